The first-order valence-electron chi connectivity index (χ1n) is 6.40. The molecule has 1 rings (SSSR count). The van der Waals surface area contributed by atoms with Crippen molar-refractivity contribution in [2.45, 2.75) is 52.1 Å². The fourth-order valence-corrected chi connectivity index (χ4v) is 1.79. The molecule has 0 amide bonds. The van der Waals surface area contributed by atoms with Crippen LogP contribution >= 0.6 is 0 Å². The number of rotatable bonds is 7. The van der Waals surface area contributed by atoms with E-state index in [1.165, 1.54) is 25.3 Å². The van der Waals surface area contributed by atoms with Crippen LogP contribution < -0.4 is 11.1 Å². The number of hydrogen-bond donors (Lipinski definition) is 2. The predicted molar refractivity (Wildman–Crippen MR) is 71.3 cm³/mol. The topological polar surface area (TPSA) is 38.0 Å². The van der Waals surface area contributed by atoms with Crippen LogP contribution in [0, 0.1) is 5.82 Å². The smallest absolute Gasteiger partial charge is 0.129 e. The molecule has 1 aromatic rings. The van der Waals surface area contributed by atoms with Crippen molar-refractivity contribution in [3.05, 3.63) is 29.6 Å². The van der Waals surface area contributed by atoms with Gasteiger partial charge in [0.2, 0.25) is 0 Å². The number of nitrogens with one attached hydrogen (secondary N) is 1. The molecule has 1 unspecified atom stereocenters. The van der Waals surface area contributed by atoms with Gasteiger partial charge in [0.15, 0.2) is 0 Å². The van der Waals surface area contributed by atoms with Crippen molar-refractivity contribution in [2.75, 3.05) is 5.73 Å². The highest BCUT2D eigenvalue weighted by molar-refractivity contribution is 5.40. The molecule has 0 saturated carbocycles. The molecule has 3 heteroatoms. The Morgan fingerprint density at radius 1 is 1.35 bits per heavy atom. The van der Waals surface area contributed by atoms with Crippen molar-refractivity contribution in [1.82, 2.24) is 5.32 Å². The van der Waals surface area contributed by atoms with Crippen molar-refractivity contribution in [2.24, 2.45) is 0 Å². The molecule has 0 heterocycles. The van der Waals surface area contributed by atoms with E-state index in [-0.39, 0.29) is 5.82 Å². The van der Waals surface area contributed by atoms with Gasteiger partial charge in [-0.2, -0.15) is 0 Å². The van der Waals surface area contributed by atoms with Gasteiger partial charge in [-0.1, -0.05) is 32.3 Å². The van der Waals surface area contributed by atoms with Gasteiger partial charge >= 0.3 is 0 Å². The first kappa shape index (κ1) is 14.0. The van der Waals surface area contributed by atoms with E-state index in [1.807, 2.05) is 0 Å². The fraction of sp³-hybridized carbons (Fsp3) is 0.571. The molecule has 3 N–H and O–H groups in total. The number of unbranched alkanes of at least 4 members (excludes halogenated alkanes) is 2. The molecule has 0 aliphatic rings. The zero-order valence-electron chi connectivity index (χ0n) is 10.8. The number of benzene rings is 1. The minimum Gasteiger partial charge on any atom is -0.399 e. The van der Waals surface area contributed by atoms with Gasteiger partial charge in [-0.3, -0.25) is 0 Å². The largest absolute Gasteiger partial charge is 0.399 e. The maximum absolute atomic E-state index is 13.5. The second-order valence-electron chi connectivity index (χ2n) is 4.63. The summed E-state index contributed by atoms with van der Waals surface area (Å²) in [5.41, 5.74) is 6.66. The quantitative estimate of drug-likeness (QED) is 0.564. The summed E-state index contributed by atoms with van der Waals surface area (Å²) < 4.78 is 13.5. The van der Waals surface area contributed by atoms with Gasteiger partial charge in [0, 0.05) is 23.8 Å². The van der Waals surface area contributed by atoms with Gasteiger partial charge in [-0.15, -0.1) is 0 Å². The summed E-state index contributed by atoms with van der Waals surface area (Å²) in [6.45, 7) is 4.91. The van der Waals surface area contributed by atoms with Crippen molar-refractivity contribution in [1.29, 1.82) is 0 Å². The molecule has 0 aliphatic carbocycles. The first-order chi connectivity index (χ1) is 8.13. The molecule has 0 aromatic heterocycles. The molecule has 0 saturated heterocycles. The Kier molecular flexibility index (Phi) is 5.98. The maximum atomic E-state index is 13.5. The molecular weight excluding hydrogens is 215 g/mol. The molecule has 0 bridgehead atoms. The average Bonchev–Trinajstić information content (AvgIpc) is 2.28. The van der Waals surface area contributed by atoms with Gasteiger partial charge in [0.1, 0.15) is 5.82 Å². The SMILES string of the molecule is CCCCCC(C)NCc1ccc(N)cc1F. The molecule has 0 spiro atoms. The molecule has 0 fully saturated rings. The van der Waals surface area contributed by atoms with Gasteiger partial charge in [0.05, 0.1) is 0 Å². The van der Waals surface area contributed by atoms with Crippen LogP contribution in [0.4, 0.5) is 10.1 Å². The summed E-state index contributed by atoms with van der Waals surface area (Å²) in [4.78, 5) is 0. The second kappa shape index (κ2) is 7.28. The van der Waals surface area contributed by atoms with Gasteiger partial charge in [0.25, 0.3) is 0 Å². The van der Waals surface area contributed by atoms with Crippen LogP contribution in [0.3, 0.4) is 0 Å². The third-order valence-electron chi connectivity index (χ3n) is 2.96. The normalized spacial score (nSPS) is 12.6. The van der Waals surface area contributed by atoms with E-state index >= 15 is 0 Å². The van der Waals surface area contributed by atoms with Gasteiger partial charge < -0.3 is 11.1 Å². The summed E-state index contributed by atoms with van der Waals surface area (Å²) >= 11 is 0. The van der Waals surface area contributed by atoms with E-state index < -0.39 is 0 Å². The average molecular weight is 238 g/mol. The molecule has 0 aliphatic heterocycles. The Morgan fingerprint density at radius 2 is 2.12 bits per heavy atom. The molecule has 96 valence electrons. The summed E-state index contributed by atoms with van der Waals surface area (Å²) in [6, 6.07) is 5.29. The van der Waals surface area contributed by atoms with Crippen LogP contribution in [0.5, 0.6) is 0 Å². The lowest BCUT2D eigenvalue weighted by Crippen LogP contribution is -2.25. The Hall–Kier alpha value is -1.09. The van der Waals surface area contributed by atoms with Crippen LogP contribution in [-0.4, -0.2) is 6.04 Å². The highest BCUT2D eigenvalue weighted by Gasteiger charge is 2.05. The van der Waals surface area contributed by atoms with E-state index in [9.17, 15) is 4.39 Å². The lowest BCUT2D eigenvalue weighted by atomic mass is 10.1. The third kappa shape index (κ3) is 5.18. The minimum atomic E-state index is -0.224. The zero-order valence-corrected chi connectivity index (χ0v) is 10.8. The van der Waals surface area contributed by atoms with Crippen LogP contribution in [0.1, 0.15) is 45.1 Å². The van der Waals surface area contributed by atoms with E-state index in [4.69, 9.17) is 5.73 Å². The lowest BCUT2D eigenvalue weighted by molar-refractivity contribution is 0.479. The predicted octanol–water partition coefficient (Wildman–Crippen LogP) is 3.47. The molecule has 1 aromatic carbocycles. The second-order valence-corrected chi connectivity index (χ2v) is 4.63. The third-order valence-corrected chi connectivity index (χ3v) is 2.96. The van der Waals surface area contributed by atoms with E-state index in [1.54, 1.807) is 12.1 Å². The van der Waals surface area contributed by atoms with E-state index in [0.29, 0.717) is 23.8 Å². The van der Waals surface area contributed by atoms with Gasteiger partial charge in [-0.05, 0) is 25.5 Å². The summed E-state index contributed by atoms with van der Waals surface area (Å²) in [6.07, 6.45) is 4.88. The minimum absolute atomic E-state index is 0.224. The Bertz CT molecular complexity index is 339. The van der Waals surface area contributed by atoms with E-state index in [2.05, 4.69) is 19.2 Å². The van der Waals surface area contributed by atoms with E-state index in [0.717, 1.165) is 6.42 Å². The molecule has 0 radical (unpaired) electrons. The number of nitrogen functional groups attached to an aromatic ring is 1. The van der Waals surface area contributed by atoms with Crippen LogP contribution in [0.25, 0.3) is 0 Å². The Morgan fingerprint density at radius 3 is 2.76 bits per heavy atom. The zero-order chi connectivity index (χ0) is 12.7. The highest BCUT2D eigenvalue weighted by Crippen LogP contribution is 2.12. The van der Waals surface area contributed by atoms with Crippen molar-refractivity contribution < 1.29 is 4.39 Å². The summed E-state index contributed by atoms with van der Waals surface area (Å²) in [7, 11) is 0. The first-order valence-corrected chi connectivity index (χ1v) is 6.40. The molecule has 2 nitrogen and oxygen atoms in total. The molecular formula is C14H23FN2. The lowest BCUT2D eigenvalue weighted by Gasteiger charge is -2.14. The summed E-state index contributed by atoms with van der Waals surface area (Å²) in [5, 5.41) is 3.34. The monoisotopic (exact) mass is 238 g/mol. The maximum Gasteiger partial charge on any atom is 0.129 e. The van der Waals surface area contributed by atoms with Crippen LogP contribution in [-0.2, 0) is 6.54 Å². The number of anilines is 1. The van der Waals surface area contributed by atoms with Crippen LogP contribution in [0.2, 0.25) is 0 Å². The van der Waals surface area contributed by atoms with Crippen LogP contribution in [0.15, 0.2) is 18.2 Å². The summed E-state index contributed by atoms with van der Waals surface area (Å²) in [5.74, 6) is -0.224. The highest BCUT2D eigenvalue weighted by atomic mass is 19.1. The molecule has 1 atom stereocenters. The fourth-order valence-electron chi connectivity index (χ4n) is 1.79. The molecule has 17 heavy (non-hydrogen) atoms. The standard InChI is InChI=1S/C14H23FN2/c1-3-4-5-6-11(2)17-10-12-7-8-13(16)9-14(12)15/h7-9,11,17H,3-6,10,16H2,1-2H3. The van der Waals surface area contributed by atoms with Crippen molar-refractivity contribution in [3.8, 4) is 0 Å². The Labute approximate surface area is 103 Å². The van der Waals surface area contributed by atoms with Crippen molar-refractivity contribution >= 4 is 5.69 Å². The number of halogens is 1. The number of hydrogen-bond acceptors (Lipinski definition) is 2. The van der Waals surface area contributed by atoms with Gasteiger partial charge in [-0.25, -0.2) is 4.39 Å². The van der Waals surface area contributed by atoms with Crippen molar-refractivity contribution in [3.63, 3.8) is 0 Å². The number of nitrogens with two attached hydrogens (primary N) is 1. The Balaban J connectivity index is 2.34.